The van der Waals surface area contributed by atoms with Crippen molar-refractivity contribution in [2.24, 2.45) is 0 Å². The van der Waals surface area contributed by atoms with Gasteiger partial charge in [-0.25, -0.2) is 4.98 Å². The van der Waals surface area contributed by atoms with Gasteiger partial charge in [0, 0.05) is 5.88 Å². The van der Waals surface area contributed by atoms with Gasteiger partial charge in [0.1, 0.15) is 5.82 Å². The highest BCUT2D eigenvalue weighted by Crippen LogP contribution is 2.23. The number of nitrogens with one attached hydrogen (secondary N) is 1. The third-order valence-corrected chi connectivity index (χ3v) is 3.07. The Labute approximate surface area is 98.6 Å². The number of nitrogens with zero attached hydrogens (tertiary/aromatic N) is 1. The highest BCUT2D eigenvalue weighted by atomic mass is 35.5. The summed E-state index contributed by atoms with van der Waals surface area (Å²) in [5.74, 6) is 1.69. The molecule has 0 fully saturated rings. The maximum atomic E-state index is 5.96. The second kappa shape index (κ2) is 4.42. The van der Waals surface area contributed by atoms with E-state index in [1.807, 2.05) is 6.07 Å². The lowest BCUT2D eigenvalue weighted by Crippen LogP contribution is -1.91. The van der Waals surface area contributed by atoms with E-state index in [1.165, 1.54) is 5.56 Å². The molecule has 2 rings (SSSR count). The van der Waals surface area contributed by atoms with Gasteiger partial charge in [-0.2, -0.15) is 0 Å². The fourth-order valence-corrected chi connectivity index (χ4v) is 2.19. The topological polar surface area (TPSA) is 28.7 Å². The van der Waals surface area contributed by atoms with Crippen LogP contribution in [0.4, 0.5) is 0 Å². The standard InChI is InChI=1S/C11H12Cl2N2/c1-2-7-3-4-9-11(8(7)5-12)15-10(6-13)14-9/h3-4H,2,5-6H2,1H3,(H,14,15). The number of alkyl halides is 2. The number of aromatic amines is 1. The van der Waals surface area contributed by atoms with Crippen molar-refractivity contribution in [1.82, 2.24) is 9.97 Å². The average molecular weight is 243 g/mol. The Hall–Kier alpha value is -0.730. The minimum absolute atomic E-state index is 0.401. The molecule has 2 nitrogen and oxygen atoms in total. The number of hydrogen-bond donors (Lipinski definition) is 1. The Morgan fingerprint density at radius 2 is 2.07 bits per heavy atom. The van der Waals surface area contributed by atoms with Gasteiger partial charge in [0.25, 0.3) is 0 Å². The van der Waals surface area contributed by atoms with Crippen molar-refractivity contribution in [3.8, 4) is 0 Å². The quantitative estimate of drug-likeness (QED) is 0.819. The summed E-state index contributed by atoms with van der Waals surface area (Å²) in [6.45, 7) is 2.12. The molecule has 0 radical (unpaired) electrons. The number of H-pyrrole nitrogens is 1. The maximum Gasteiger partial charge on any atom is 0.122 e. The van der Waals surface area contributed by atoms with Crippen LogP contribution in [0.5, 0.6) is 0 Å². The molecule has 0 bridgehead atoms. The Balaban J connectivity index is 2.69. The van der Waals surface area contributed by atoms with E-state index in [2.05, 4.69) is 23.0 Å². The highest BCUT2D eigenvalue weighted by Gasteiger charge is 2.09. The zero-order chi connectivity index (χ0) is 10.8. The van der Waals surface area contributed by atoms with E-state index >= 15 is 0 Å². The number of imidazole rings is 1. The fraction of sp³-hybridized carbons (Fsp3) is 0.364. The molecular weight excluding hydrogens is 231 g/mol. The number of rotatable bonds is 3. The van der Waals surface area contributed by atoms with Crippen molar-refractivity contribution in [1.29, 1.82) is 0 Å². The highest BCUT2D eigenvalue weighted by molar-refractivity contribution is 6.18. The number of hydrogen-bond acceptors (Lipinski definition) is 1. The van der Waals surface area contributed by atoms with E-state index < -0.39 is 0 Å². The first kappa shape index (κ1) is 10.8. The molecule has 0 saturated carbocycles. The average Bonchev–Trinajstić information content (AvgIpc) is 2.70. The van der Waals surface area contributed by atoms with Gasteiger partial charge in [-0.3, -0.25) is 0 Å². The lowest BCUT2D eigenvalue weighted by atomic mass is 10.1. The minimum Gasteiger partial charge on any atom is -0.341 e. The van der Waals surface area contributed by atoms with Crippen LogP contribution in [0.15, 0.2) is 12.1 Å². The lowest BCUT2D eigenvalue weighted by Gasteiger charge is -2.04. The molecule has 0 amide bonds. The van der Waals surface area contributed by atoms with Crippen LogP contribution in [0, 0.1) is 0 Å². The van der Waals surface area contributed by atoms with E-state index in [1.54, 1.807) is 0 Å². The third-order valence-electron chi connectivity index (χ3n) is 2.55. The van der Waals surface area contributed by atoms with Crippen LogP contribution < -0.4 is 0 Å². The molecule has 0 spiro atoms. The number of aryl methyl sites for hydroxylation is 1. The summed E-state index contributed by atoms with van der Waals surface area (Å²) >= 11 is 11.7. The van der Waals surface area contributed by atoms with Crippen molar-refractivity contribution in [2.45, 2.75) is 25.1 Å². The Morgan fingerprint density at radius 3 is 2.67 bits per heavy atom. The van der Waals surface area contributed by atoms with Crippen LogP contribution in [0.2, 0.25) is 0 Å². The molecule has 0 saturated heterocycles. The summed E-state index contributed by atoms with van der Waals surface area (Å²) in [5.41, 5.74) is 4.34. The summed E-state index contributed by atoms with van der Waals surface area (Å²) in [6.07, 6.45) is 0.973. The van der Waals surface area contributed by atoms with Gasteiger partial charge < -0.3 is 4.98 Å². The van der Waals surface area contributed by atoms with Crippen LogP contribution in [0.1, 0.15) is 23.9 Å². The molecule has 1 aromatic heterocycles. The molecule has 1 heterocycles. The molecule has 0 aliphatic rings. The monoisotopic (exact) mass is 242 g/mol. The van der Waals surface area contributed by atoms with Crippen molar-refractivity contribution < 1.29 is 0 Å². The summed E-state index contributed by atoms with van der Waals surface area (Å²) in [7, 11) is 0. The largest absolute Gasteiger partial charge is 0.341 e. The molecule has 15 heavy (non-hydrogen) atoms. The van der Waals surface area contributed by atoms with Gasteiger partial charge in [0.05, 0.1) is 16.9 Å². The summed E-state index contributed by atoms with van der Waals surface area (Å²) in [6, 6.07) is 4.13. The third kappa shape index (κ3) is 1.84. The molecule has 0 atom stereocenters. The van der Waals surface area contributed by atoms with Gasteiger partial charge in [0.2, 0.25) is 0 Å². The van der Waals surface area contributed by atoms with Crippen LogP contribution in [0.25, 0.3) is 11.0 Å². The van der Waals surface area contributed by atoms with Crippen LogP contribution >= 0.6 is 23.2 Å². The molecular formula is C11H12Cl2N2. The molecule has 0 aliphatic carbocycles. The normalized spacial score (nSPS) is 11.1. The van der Waals surface area contributed by atoms with Crippen LogP contribution in [-0.2, 0) is 18.2 Å². The second-order valence-corrected chi connectivity index (χ2v) is 3.94. The van der Waals surface area contributed by atoms with Gasteiger partial charge in [0.15, 0.2) is 0 Å². The Bertz CT molecular complexity index is 477. The molecule has 1 aromatic carbocycles. The van der Waals surface area contributed by atoms with Gasteiger partial charge in [-0.1, -0.05) is 13.0 Å². The summed E-state index contributed by atoms with van der Waals surface area (Å²) in [4.78, 5) is 7.61. The van der Waals surface area contributed by atoms with Crippen molar-refractivity contribution in [3.63, 3.8) is 0 Å². The second-order valence-electron chi connectivity index (χ2n) is 3.40. The van der Waals surface area contributed by atoms with Crippen LogP contribution in [-0.4, -0.2) is 9.97 Å². The smallest absolute Gasteiger partial charge is 0.122 e. The predicted molar refractivity (Wildman–Crippen MR) is 64.6 cm³/mol. The Kier molecular flexibility index (Phi) is 3.17. The van der Waals surface area contributed by atoms with E-state index in [0.29, 0.717) is 11.8 Å². The van der Waals surface area contributed by atoms with Crippen LogP contribution in [0.3, 0.4) is 0 Å². The molecule has 0 unspecified atom stereocenters. The first-order valence-electron chi connectivity index (χ1n) is 4.91. The number of aromatic nitrogens is 2. The fourth-order valence-electron chi connectivity index (χ4n) is 1.77. The number of halogens is 2. The maximum absolute atomic E-state index is 5.96. The van der Waals surface area contributed by atoms with Gasteiger partial charge in [-0.15, -0.1) is 23.2 Å². The number of fused-ring (bicyclic) bond motifs is 1. The molecule has 0 aliphatic heterocycles. The van der Waals surface area contributed by atoms with E-state index in [4.69, 9.17) is 23.2 Å². The molecule has 4 heteroatoms. The minimum atomic E-state index is 0.401. The zero-order valence-corrected chi connectivity index (χ0v) is 9.99. The first-order chi connectivity index (χ1) is 7.30. The first-order valence-corrected chi connectivity index (χ1v) is 5.98. The SMILES string of the molecule is CCc1ccc2[nH]c(CCl)nc2c1CCl. The van der Waals surface area contributed by atoms with E-state index in [9.17, 15) is 0 Å². The van der Waals surface area contributed by atoms with Crippen molar-refractivity contribution >= 4 is 34.2 Å². The predicted octanol–water partition coefficient (Wildman–Crippen LogP) is 3.60. The van der Waals surface area contributed by atoms with Crippen molar-refractivity contribution in [2.75, 3.05) is 0 Å². The summed E-state index contributed by atoms with van der Waals surface area (Å²) < 4.78 is 0. The Morgan fingerprint density at radius 1 is 1.27 bits per heavy atom. The van der Waals surface area contributed by atoms with Gasteiger partial charge in [-0.05, 0) is 23.6 Å². The van der Waals surface area contributed by atoms with Gasteiger partial charge >= 0.3 is 0 Å². The van der Waals surface area contributed by atoms with E-state index in [0.717, 1.165) is 28.8 Å². The number of benzene rings is 1. The zero-order valence-electron chi connectivity index (χ0n) is 8.48. The molecule has 80 valence electrons. The summed E-state index contributed by atoms with van der Waals surface area (Å²) in [5, 5.41) is 0. The van der Waals surface area contributed by atoms with Crippen molar-refractivity contribution in [3.05, 3.63) is 29.1 Å². The molecule has 1 N–H and O–H groups in total. The van der Waals surface area contributed by atoms with E-state index in [-0.39, 0.29) is 0 Å². The lowest BCUT2D eigenvalue weighted by molar-refractivity contribution is 1.10. The molecule has 2 aromatic rings.